The minimum absolute atomic E-state index is 0.140. The normalized spacial score (nSPS) is 11.9. The van der Waals surface area contributed by atoms with Crippen LogP contribution in [0, 0.1) is 13.8 Å². The van der Waals surface area contributed by atoms with Crippen LogP contribution in [0.15, 0.2) is 48.7 Å². The van der Waals surface area contributed by atoms with Crippen molar-refractivity contribution in [3.8, 4) is 11.1 Å². The van der Waals surface area contributed by atoms with Crippen LogP contribution >= 0.6 is 0 Å². The number of aromatic nitrogens is 1. The second kappa shape index (κ2) is 7.80. The number of nitrogens with one attached hydrogen (secondary N) is 1. The summed E-state index contributed by atoms with van der Waals surface area (Å²) in [5.74, 6) is -0.403. The Bertz CT molecular complexity index is 1040. The van der Waals surface area contributed by atoms with E-state index in [1.807, 2.05) is 24.4 Å². The van der Waals surface area contributed by atoms with Crippen LogP contribution < -0.4 is 5.32 Å². The molecule has 0 bridgehead atoms. The zero-order valence-corrected chi connectivity index (χ0v) is 16.9. The van der Waals surface area contributed by atoms with E-state index in [4.69, 9.17) is 0 Å². The monoisotopic (exact) mass is 375 g/mol. The molecule has 0 aliphatic rings. The van der Waals surface area contributed by atoms with Gasteiger partial charge in [-0.25, -0.2) is 0 Å². The van der Waals surface area contributed by atoms with Gasteiger partial charge in [-0.05, 0) is 61.7 Å². The van der Waals surface area contributed by atoms with E-state index >= 15 is 0 Å². The van der Waals surface area contributed by atoms with Crippen LogP contribution in [-0.4, -0.2) is 41.8 Å². The van der Waals surface area contributed by atoms with Crippen molar-refractivity contribution in [2.24, 2.45) is 0 Å². The van der Waals surface area contributed by atoms with Crippen LogP contribution in [0.2, 0.25) is 0 Å². The van der Waals surface area contributed by atoms with Crippen LogP contribution in [0.25, 0.3) is 22.0 Å². The van der Waals surface area contributed by atoms with E-state index < -0.39 is 6.04 Å². The quantitative estimate of drug-likeness (QED) is 0.756. The highest BCUT2D eigenvalue weighted by Crippen LogP contribution is 2.30. The summed E-state index contributed by atoms with van der Waals surface area (Å²) in [6, 6.07) is 13.1. The summed E-state index contributed by atoms with van der Waals surface area (Å²) in [6.07, 6.45) is 1.81. The maximum absolute atomic E-state index is 12.4. The third-order valence-electron chi connectivity index (χ3n) is 4.80. The minimum atomic E-state index is -0.572. The van der Waals surface area contributed by atoms with E-state index in [1.54, 1.807) is 33.2 Å². The van der Waals surface area contributed by atoms with Crippen LogP contribution in [-0.2, 0) is 4.79 Å². The first kappa shape index (κ1) is 19.5. The number of hydrogen-bond donors (Lipinski definition) is 1. The molecule has 0 spiro atoms. The minimum Gasteiger partial charge on any atom is -0.347 e. The summed E-state index contributed by atoms with van der Waals surface area (Å²) in [7, 11) is 3.34. The number of carbonyl (C=O) groups excluding carboxylic acids is 2. The lowest BCUT2D eigenvalue weighted by molar-refractivity contribution is -0.130. The summed E-state index contributed by atoms with van der Waals surface area (Å²) < 4.78 is 0. The molecule has 1 atom stereocenters. The molecule has 3 rings (SSSR count). The number of likely N-dealkylation sites (N-methyl/N-ethyl adjacent to an activating group) is 1. The van der Waals surface area contributed by atoms with Crippen molar-refractivity contribution < 1.29 is 9.59 Å². The van der Waals surface area contributed by atoms with Gasteiger partial charge in [0.25, 0.3) is 5.91 Å². The molecular weight excluding hydrogens is 350 g/mol. The van der Waals surface area contributed by atoms with E-state index in [0.717, 1.165) is 27.6 Å². The zero-order valence-electron chi connectivity index (χ0n) is 16.9. The van der Waals surface area contributed by atoms with Gasteiger partial charge in [0, 0.05) is 31.2 Å². The molecule has 1 heterocycles. The lowest BCUT2D eigenvalue weighted by Gasteiger charge is -2.18. The second-order valence-corrected chi connectivity index (χ2v) is 7.34. The number of carbonyl (C=O) groups is 2. The molecule has 0 radical (unpaired) electrons. The molecule has 0 unspecified atom stereocenters. The number of fused-ring (bicyclic) bond motifs is 1. The van der Waals surface area contributed by atoms with Gasteiger partial charge in [0.2, 0.25) is 5.91 Å². The van der Waals surface area contributed by atoms with E-state index in [1.165, 1.54) is 10.5 Å². The van der Waals surface area contributed by atoms with Crippen LogP contribution in [0.4, 0.5) is 0 Å². The van der Waals surface area contributed by atoms with Gasteiger partial charge in [-0.15, -0.1) is 0 Å². The zero-order chi connectivity index (χ0) is 20.4. The highest BCUT2D eigenvalue weighted by Gasteiger charge is 2.18. The van der Waals surface area contributed by atoms with Gasteiger partial charge < -0.3 is 10.2 Å². The molecule has 1 aromatic heterocycles. The van der Waals surface area contributed by atoms with Gasteiger partial charge in [0.05, 0.1) is 5.52 Å². The van der Waals surface area contributed by atoms with Gasteiger partial charge in [-0.2, -0.15) is 0 Å². The number of nitrogens with zero attached hydrogens (tertiary/aromatic N) is 2. The average Bonchev–Trinajstić information content (AvgIpc) is 2.66. The molecule has 3 aromatic rings. The summed E-state index contributed by atoms with van der Waals surface area (Å²) in [5, 5.41) is 3.84. The number of hydrogen-bond acceptors (Lipinski definition) is 3. The molecule has 0 aliphatic carbocycles. The molecule has 28 heavy (non-hydrogen) atoms. The Morgan fingerprint density at radius 2 is 1.71 bits per heavy atom. The molecule has 2 amide bonds. The third kappa shape index (κ3) is 3.88. The number of aryl methyl sites for hydroxylation is 2. The summed E-state index contributed by atoms with van der Waals surface area (Å²) in [6.45, 7) is 5.82. The lowest BCUT2D eigenvalue weighted by atomic mass is 9.97. The number of benzene rings is 2. The Labute approximate surface area is 165 Å². The first-order chi connectivity index (χ1) is 13.3. The number of amides is 2. The largest absolute Gasteiger partial charge is 0.347 e. The SMILES string of the molecule is Cc1cc(C)c2nccc(-c3ccc(C(=O)N[C@@H](C)C(=O)N(C)C)cc3)c2c1. The van der Waals surface area contributed by atoms with Crippen LogP contribution in [0.3, 0.4) is 0 Å². The topological polar surface area (TPSA) is 62.3 Å². The molecule has 0 saturated carbocycles. The van der Waals surface area contributed by atoms with E-state index in [9.17, 15) is 9.59 Å². The molecule has 0 aliphatic heterocycles. The molecule has 0 saturated heterocycles. The fourth-order valence-electron chi connectivity index (χ4n) is 3.39. The highest BCUT2D eigenvalue weighted by molar-refractivity contribution is 5.99. The van der Waals surface area contributed by atoms with Crippen LogP contribution in [0.1, 0.15) is 28.4 Å². The van der Waals surface area contributed by atoms with Crippen molar-refractivity contribution in [1.29, 1.82) is 0 Å². The Morgan fingerprint density at radius 3 is 2.36 bits per heavy atom. The summed E-state index contributed by atoms with van der Waals surface area (Å²) in [5.41, 5.74) is 5.95. The summed E-state index contributed by atoms with van der Waals surface area (Å²) >= 11 is 0. The van der Waals surface area contributed by atoms with E-state index in [-0.39, 0.29) is 11.8 Å². The Morgan fingerprint density at radius 1 is 1.04 bits per heavy atom. The Hall–Kier alpha value is -3.21. The molecular formula is C23H25N3O2. The van der Waals surface area contributed by atoms with Gasteiger partial charge in [0.1, 0.15) is 6.04 Å². The van der Waals surface area contributed by atoms with Gasteiger partial charge >= 0.3 is 0 Å². The van der Waals surface area contributed by atoms with Gasteiger partial charge in [-0.3, -0.25) is 14.6 Å². The average molecular weight is 375 g/mol. The molecule has 144 valence electrons. The lowest BCUT2D eigenvalue weighted by Crippen LogP contribution is -2.44. The van der Waals surface area contributed by atoms with E-state index in [0.29, 0.717) is 5.56 Å². The number of rotatable bonds is 4. The maximum atomic E-state index is 12.4. The third-order valence-corrected chi connectivity index (χ3v) is 4.80. The van der Waals surface area contributed by atoms with Crippen LogP contribution in [0.5, 0.6) is 0 Å². The van der Waals surface area contributed by atoms with Crippen molar-refractivity contribution >= 4 is 22.7 Å². The molecule has 2 aromatic carbocycles. The van der Waals surface area contributed by atoms with Crippen molar-refractivity contribution in [2.75, 3.05) is 14.1 Å². The molecule has 5 heteroatoms. The predicted octanol–water partition coefficient (Wildman–Crippen LogP) is 3.73. The Kier molecular flexibility index (Phi) is 5.45. The first-order valence-electron chi connectivity index (χ1n) is 9.26. The Balaban J connectivity index is 1.88. The standard InChI is InChI=1S/C23H25N3O2/c1-14-12-15(2)21-20(13-14)19(10-11-24-21)17-6-8-18(9-7-17)22(27)25-16(3)23(28)26(4)5/h6-13,16H,1-5H3,(H,25,27)/t16-/m0/s1. The predicted molar refractivity (Wildman–Crippen MR) is 112 cm³/mol. The second-order valence-electron chi connectivity index (χ2n) is 7.34. The smallest absolute Gasteiger partial charge is 0.251 e. The van der Waals surface area contributed by atoms with Crippen molar-refractivity contribution in [3.05, 3.63) is 65.4 Å². The highest BCUT2D eigenvalue weighted by atomic mass is 16.2. The number of pyridine rings is 1. The van der Waals surface area contributed by atoms with Crippen molar-refractivity contribution in [1.82, 2.24) is 15.2 Å². The van der Waals surface area contributed by atoms with E-state index in [2.05, 4.69) is 36.3 Å². The fourth-order valence-corrected chi connectivity index (χ4v) is 3.39. The van der Waals surface area contributed by atoms with Crippen molar-refractivity contribution in [2.45, 2.75) is 26.8 Å². The van der Waals surface area contributed by atoms with Crippen molar-refractivity contribution in [3.63, 3.8) is 0 Å². The van der Waals surface area contributed by atoms with Gasteiger partial charge in [0.15, 0.2) is 0 Å². The molecule has 1 N–H and O–H groups in total. The van der Waals surface area contributed by atoms with Gasteiger partial charge in [-0.1, -0.05) is 23.8 Å². The molecule has 0 fully saturated rings. The maximum Gasteiger partial charge on any atom is 0.251 e. The fraction of sp³-hybridized carbons (Fsp3) is 0.261. The molecule has 5 nitrogen and oxygen atoms in total. The first-order valence-corrected chi connectivity index (χ1v) is 9.26. The summed E-state index contributed by atoms with van der Waals surface area (Å²) in [4.78, 5) is 30.4.